The molecule has 0 saturated heterocycles. The Morgan fingerprint density at radius 3 is 2.65 bits per heavy atom. The van der Waals surface area contributed by atoms with E-state index in [1.165, 1.54) is 18.9 Å². The summed E-state index contributed by atoms with van der Waals surface area (Å²) in [6, 6.07) is 0. The molecule has 2 aliphatic rings. The van der Waals surface area contributed by atoms with Crippen molar-refractivity contribution >= 4 is 11.9 Å². The first-order valence-corrected chi connectivity index (χ1v) is 7.88. The Balaban J connectivity index is 1.76. The van der Waals surface area contributed by atoms with Gasteiger partial charge in [-0.15, -0.1) is 0 Å². The third-order valence-electron chi connectivity index (χ3n) is 5.07. The second-order valence-corrected chi connectivity index (χ2v) is 7.31. The maximum atomic E-state index is 12.9. The fraction of sp³-hybridized carbons (Fsp3) is 0.556. The second-order valence-electron chi connectivity index (χ2n) is 7.31. The quantitative estimate of drug-likeness (QED) is 0.635. The number of rotatable bonds is 3. The van der Waals surface area contributed by atoms with E-state index in [1.807, 2.05) is 0 Å². The summed E-state index contributed by atoms with van der Waals surface area (Å²) in [5.74, 6) is 0.698. The SMILES string of the molecule is COC(=O)c1coc2c1CN(C(=O)C1C(C=C(C)C)C1(C)C)C2. The summed E-state index contributed by atoms with van der Waals surface area (Å²) >= 11 is 0. The molecule has 1 fully saturated rings. The van der Waals surface area contributed by atoms with E-state index in [0.29, 0.717) is 24.4 Å². The fourth-order valence-electron chi connectivity index (χ4n) is 3.60. The van der Waals surface area contributed by atoms with Crippen LogP contribution in [0, 0.1) is 17.3 Å². The average molecular weight is 317 g/mol. The first-order chi connectivity index (χ1) is 10.8. The molecular weight excluding hydrogens is 294 g/mol. The lowest BCUT2D eigenvalue weighted by Crippen LogP contribution is -2.29. The maximum absolute atomic E-state index is 12.9. The summed E-state index contributed by atoms with van der Waals surface area (Å²) in [7, 11) is 1.34. The summed E-state index contributed by atoms with van der Waals surface area (Å²) in [6.07, 6.45) is 3.61. The van der Waals surface area contributed by atoms with Gasteiger partial charge in [0.25, 0.3) is 0 Å². The number of allylic oxidation sites excluding steroid dienone is 2. The smallest absolute Gasteiger partial charge is 0.341 e. The minimum absolute atomic E-state index is 0.00276. The lowest BCUT2D eigenvalue weighted by atomic mass is 10.1. The van der Waals surface area contributed by atoms with Crippen LogP contribution >= 0.6 is 0 Å². The van der Waals surface area contributed by atoms with Crippen LogP contribution in [0.1, 0.15) is 49.4 Å². The van der Waals surface area contributed by atoms with Gasteiger partial charge >= 0.3 is 5.97 Å². The summed E-state index contributed by atoms with van der Waals surface area (Å²) < 4.78 is 10.2. The van der Waals surface area contributed by atoms with Gasteiger partial charge in [0.15, 0.2) is 0 Å². The number of nitrogens with zero attached hydrogens (tertiary/aromatic N) is 1. The summed E-state index contributed by atoms with van der Waals surface area (Å²) in [6.45, 7) is 9.23. The molecule has 2 unspecified atom stereocenters. The molecule has 1 aliphatic heterocycles. The Morgan fingerprint density at radius 1 is 1.35 bits per heavy atom. The highest BCUT2D eigenvalue weighted by molar-refractivity contribution is 5.92. The van der Waals surface area contributed by atoms with Crippen molar-refractivity contribution in [2.24, 2.45) is 17.3 Å². The lowest BCUT2D eigenvalue weighted by molar-refractivity contribution is -0.134. The van der Waals surface area contributed by atoms with Crippen molar-refractivity contribution in [1.29, 1.82) is 0 Å². The van der Waals surface area contributed by atoms with Crippen LogP contribution in [0.5, 0.6) is 0 Å². The number of fused-ring (bicyclic) bond motifs is 1. The van der Waals surface area contributed by atoms with Crippen molar-refractivity contribution in [1.82, 2.24) is 4.90 Å². The number of furan rings is 1. The predicted octanol–water partition coefficient (Wildman–Crippen LogP) is 3.15. The predicted molar refractivity (Wildman–Crippen MR) is 84.5 cm³/mol. The minimum Gasteiger partial charge on any atom is -0.466 e. The number of amides is 1. The molecule has 1 aromatic rings. The van der Waals surface area contributed by atoms with Gasteiger partial charge in [-0.1, -0.05) is 25.5 Å². The molecule has 0 bridgehead atoms. The third kappa shape index (κ3) is 2.48. The molecular formula is C18H23NO4. The molecule has 124 valence electrons. The van der Waals surface area contributed by atoms with Crippen LogP contribution in [0.4, 0.5) is 0 Å². The van der Waals surface area contributed by atoms with Gasteiger partial charge in [-0.05, 0) is 25.2 Å². The van der Waals surface area contributed by atoms with Gasteiger partial charge in [0.05, 0.1) is 26.1 Å². The lowest BCUT2D eigenvalue weighted by Gasteiger charge is -2.16. The normalized spacial score (nSPS) is 24.1. The molecule has 3 rings (SSSR count). The molecule has 2 heterocycles. The average Bonchev–Trinajstić information content (AvgIpc) is 2.86. The molecule has 1 aromatic heterocycles. The van der Waals surface area contributed by atoms with Gasteiger partial charge in [-0.25, -0.2) is 4.79 Å². The molecule has 0 N–H and O–H groups in total. The molecule has 2 atom stereocenters. The fourth-order valence-corrected chi connectivity index (χ4v) is 3.60. The van der Waals surface area contributed by atoms with E-state index in [-0.39, 0.29) is 23.2 Å². The molecule has 5 heteroatoms. The monoisotopic (exact) mass is 317 g/mol. The van der Waals surface area contributed by atoms with Crippen LogP contribution in [-0.2, 0) is 22.6 Å². The summed E-state index contributed by atoms with van der Waals surface area (Å²) in [5, 5.41) is 0. The highest BCUT2D eigenvalue weighted by atomic mass is 16.5. The van der Waals surface area contributed by atoms with Crippen LogP contribution in [-0.4, -0.2) is 23.9 Å². The molecule has 1 saturated carbocycles. The Morgan fingerprint density at radius 2 is 2.04 bits per heavy atom. The van der Waals surface area contributed by atoms with Gasteiger partial charge in [-0.2, -0.15) is 0 Å². The van der Waals surface area contributed by atoms with Crippen LogP contribution < -0.4 is 0 Å². The number of esters is 1. The molecule has 1 aliphatic carbocycles. The van der Waals surface area contributed by atoms with Gasteiger partial charge in [0.2, 0.25) is 5.91 Å². The highest BCUT2D eigenvalue weighted by Gasteiger charge is 2.61. The van der Waals surface area contributed by atoms with E-state index >= 15 is 0 Å². The van der Waals surface area contributed by atoms with Gasteiger partial charge in [0.1, 0.15) is 17.6 Å². The highest BCUT2D eigenvalue weighted by Crippen LogP contribution is 2.60. The number of methoxy groups -OCH3 is 1. The van der Waals surface area contributed by atoms with E-state index in [1.54, 1.807) is 4.90 Å². The van der Waals surface area contributed by atoms with E-state index < -0.39 is 5.97 Å². The number of hydrogen-bond donors (Lipinski definition) is 0. The molecule has 23 heavy (non-hydrogen) atoms. The van der Waals surface area contributed by atoms with Crippen molar-refractivity contribution in [3.63, 3.8) is 0 Å². The summed E-state index contributed by atoms with van der Waals surface area (Å²) in [5.41, 5.74) is 2.43. The van der Waals surface area contributed by atoms with Gasteiger partial charge in [-0.3, -0.25) is 4.79 Å². The molecule has 0 spiro atoms. The van der Waals surface area contributed by atoms with Gasteiger partial charge in [0, 0.05) is 5.56 Å². The third-order valence-corrected chi connectivity index (χ3v) is 5.07. The van der Waals surface area contributed by atoms with Crippen LogP contribution in [0.15, 0.2) is 22.3 Å². The zero-order valence-electron chi connectivity index (χ0n) is 14.3. The van der Waals surface area contributed by atoms with Crippen molar-refractivity contribution < 1.29 is 18.7 Å². The molecule has 5 nitrogen and oxygen atoms in total. The first kappa shape index (κ1) is 15.8. The maximum Gasteiger partial charge on any atom is 0.341 e. The minimum atomic E-state index is -0.418. The Hall–Kier alpha value is -2.04. The number of carbonyl (C=O) groups excluding carboxylic acids is 2. The number of ether oxygens (including phenoxy) is 1. The standard InChI is InChI=1S/C18H23NO4/c1-10(2)6-13-15(18(13,3)4)16(20)19-7-11-12(17(21)22-5)9-23-14(11)8-19/h6,9,13,15H,7-8H2,1-5H3. The Bertz CT molecular complexity index is 694. The van der Waals surface area contributed by atoms with E-state index in [2.05, 4.69) is 33.8 Å². The van der Waals surface area contributed by atoms with Crippen molar-refractivity contribution in [3.05, 3.63) is 34.8 Å². The van der Waals surface area contributed by atoms with Gasteiger partial charge < -0.3 is 14.1 Å². The van der Waals surface area contributed by atoms with E-state index in [9.17, 15) is 9.59 Å². The molecule has 0 aromatic carbocycles. The van der Waals surface area contributed by atoms with Crippen LogP contribution in [0.2, 0.25) is 0 Å². The largest absolute Gasteiger partial charge is 0.466 e. The van der Waals surface area contributed by atoms with Crippen LogP contribution in [0.3, 0.4) is 0 Å². The summed E-state index contributed by atoms with van der Waals surface area (Å²) in [4.78, 5) is 26.4. The Kier molecular flexibility index (Phi) is 3.62. The van der Waals surface area contributed by atoms with Crippen molar-refractivity contribution in [2.45, 2.75) is 40.8 Å². The zero-order valence-corrected chi connectivity index (χ0v) is 14.3. The van der Waals surface area contributed by atoms with Crippen molar-refractivity contribution in [3.8, 4) is 0 Å². The second kappa shape index (κ2) is 5.25. The first-order valence-electron chi connectivity index (χ1n) is 7.88. The zero-order chi connectivity index (χ0) is 16.9. The topological polar surface area (TPSA) is 59.8 Å². The molecule has 1 amide bonds. The van der Waals surface area contributed by atoms with E-state index in [4.69, 9.17) is 9.15 Å². The molecule has 0 radical (unpaired) electrons. The van der Waals surface area contributed by atoms with Crippen molar-refractivity contribution in [2.75, 3.05) is 7.11 Å². The van der Waals surface area contributed by atoms with E-state index in [0.717, 1.165) is 5.56 Å². The van der Waals surface area contributed by atoms with Crippen LogP contribution in [0.25, 0.3) is 0 Å². The number of carbonyl (C=O) groups is 2. The number of hydrogen-bond acceptors (Lipinski definition) is 4. The Labute approximate surface area is 136 Å².